The van der Waals surface area contributed by atoms with Gasteiger partial charge in [-0.25, -0.2) is 0 Å². The number of hydrogen-bond acceptors (Lipinski definition) is 6. The van der Waals surface area contributed by atoms with E-state index in [1.807, 2.05) is 55.5 Å². The van der Waals surface area contributed by atoms with Gasteiger partial charge in [-0.15, -0.1) is 11.3 Å². The molecule has 35 heavy (non-hydrogen) atoms. The van der Waals surface area contributed by atoms with Crippen LogP contribution in [0, 0.1) is 0 Å². The molecule has 3 aromatic rings. The number of anilines is 1. The fourth-order valence-electron chi connectivity index (χ4n) is 4.40. The first-order valence-corrected chi connectivity index (χ1v) is 13.7. The number of hydrogen-bond donors (Lipinski definition) is 0. The predicted molar refractivity (Wildman–Crippen MR) is 151 cm³/mol. The standard InChI is InChI=1S/C27H25N3O2S3/c1-3-16-29-25(32)23(35-27(29)33)26-30(17-18-10-6-5-7-11-18)24(31)22(34-26)21-15-14-19-12-8-9-13-20(19)28(21)4-2/h5-15H,3-4,16-17H2,1-2H3. The lowest BCUT2D eigenvalue weighted by molar-refractivity contribution is -0.120. The first-order valence-electron chi connectivity index (χ1n) is 11.6. The molecule has 0 aliphatic carbocycles. The van der Waals surface area contributed by atoms with Gasteiger partial charge >= 0.3 is 0 Å². The maximum absolute atomic E-state index is 13.9. The highest BCUT2D eigenvalue weighted by Gasteiger charge is 2.33. The van der Waals surface area contributed by atoms with Gasteiger partial charge in [-0.3, -0.25) is 19.1 Å². The van der Waals surface area contributed by atoms with Crippen molar-refractivity contribution in [2.75, 3.05) is 18.0 Å². The second-order valence-corrected chi connectivity index (χ2v) is 10.9. The van der Waals surface area contributed by atoms with Gasteiger partial charge in [0.25, 0.3) is 11.5 Å². The lowest BCUT2D eigenvalue weighted by atomic mass is 10.1. The molecule has 0 unspecified atom stereocenters. The van der Waals surface area contributed by atoms with Crippen LogP contribution in [0.5, 0.6) is 0 Å². The van der Waals surface area contributed by atoms with Crippen molar-refractivity contribution >= 4 is 67.9 Å². The molecule has 178 valence electrons. The Bertz CT molecular complexity index is 1520. The lowest BCUT2D eigenvalue weighted by Crippen LogP contribution is -2.37. The zero-order valence-electron chi connectivity index (χ0n) is 19.6. The summed E-state index contributed by atoms with van der Waals surface area (Å²) in [7, 11) is 0. The summed E-state index contributed by atoms with van der Waals surface area (Å²) in [6.45, 7) is 5.80. The minimum Gasteiger partial charge on any atom is -0.340 e. The van der Waals surface area contributed by atoms with E-state index < -0.39 is 0 Å². The summed E-state index contributed by atoms with van der Waals surface area (Å²) in [6, 6.07) is 18.1. The maximum Gasteiger partial charge on any atom is 0.271 e. The highest BCUT2D eigenvalue weighted by molar-refractivity contribution is 8.30. The van der Waals surface area contributed by atoms with Crippen molar-refractivity contribution in [2.24, 2.45) is 0 Å². The second-order valence-electron chi connectivity index (χ2n) is 8.29. The number of benzene rings is 2. The molecule has 0 radical (unpaired) electrons. The van der Waals surface area contributed by atoms with Crippen molar-refractivity contribution < 1.29 is 4.79 Å². The van der Waals surface area contributed by atoms with Crippen molar-refractivity contribution in [2.45, 2.75) is 26.8 Å². The number of nitrogens with zero attached hydrogens (tertiary/aromatic N) is 3. The molecule has 1 fully saturated rings. The van der Waals surface area contributed by atoms with Crippen LogP contribution in [-0.2, 0) is 11.3 Å². The summed E-state index contributed by atoms with van der Waals surface area (Å²) in [5.41, 5.74) is 3.97. The van der Waals surface area contributed by atoms with Crippen LogP contribution in [0.2, 0.25) is 0 Å². The first kappa shape index (κ1) is 23.8. The van der Waals surface area contributed by atoms with Crippen LogP contribution in [0.4, 0.5) is 5.69 Å². The van der Waals surface area contributed by atoms with Gasteiger partial charge in [0.05, 0.1) is 12.2 Å². The maximum atomic E-state index is 13.9. The Labute approximate surface area is 217 Å². The molecule has 0 atom stereocenters. The van der Waals surface area contributed by atoms with Gasteiger partial charge in [0.2, 0.25) is 0 Å². The van der Waals surface area contributed by atoms with Crippen LogP contribution in [0.3, 0.4) is 0 Å². The van der Waals surface area contributed by atoms with E-state index in [2.05, 4.69) is 30.0 Å². The molecule has 2 aliphatic heterocycles. The minimum atomic E-state index is -0.113. The number of para-hydroxylation sites is 1. The molecule has 5 nitrogen and oxygen atoms in total. The number of thiazole rings is 1. The van der Waals surface area contributed by atoms with Gasteiger partial charge in [-0.1, -0.05) is 85.5 Å². The van der Waals surface area contributed by atoms with Gasteiger partial charge in [0.1, 0.15) is 18.4 Å². The molecule has 0 bridgehead atoms. The number of likely N-dealkylation sites (N-methyl/N-ethyl adjacent to an activating group) is 1. The van der Waals surface area contributed by atoms with Crippen molar-refractivity contribution in [1.29, 1.82) is 0 Å². The van der Waals surface area contributed by atoms with Gasteiger partial charge in [0, 0.05) is 18.8 Å². The Balaban J connectivity index is 1.78. The fraction of sp³-hybridized carbons (Fsp3) is 0.222. The number of aromatic nitrogens is 1. The molecule has 1 saturated heterocycles. The monoisotopic (exact) mass is 519 g/mol. The minimum absolute atomic E-state index is 0.0907. The van der Waals surface area contributed by atoms with E-state index in [0.717, 1.165) is 35.5 Å². The molecule has 1 amide bonds. The van der Waals surface area contributed by atoms with Gasteiger partial charge < -0.3 is 4.90 Å². The van der Waals surface area contributed by atoms with E-state index >= 15 is 0 Å². The Morgan fingerprint density at radius 1 is 0.914 bits per heavy atom. The zero-order valence-corrected chi connectivity index (χ0v) is 22.0. The van der Waals surface area contributed by atoms with Crippen LogP contribution < -0.4 is 19.7 Å². The Morgan fingerprint density at radius 2 is 1.66 bits per heavy atom. The topological polar surface area (TPSA) is 45.6 Å². The van der Waals surface area contributed by atoms with E-state index in [9.17, 15) is 9.59 Å². The number of fused-ring (bicyclic) bond motifs is 1. The number of thiocarbonyl (C=S) groups is 1. The largest absolute Gasteiger partial charge is 0.340 e. The smallest absolute Gasteiger partial charge is 0.271 e. The molecule has 1 aromatic heterocycles. The Hall–Kier alpha value is -2.94. The zero-order chi connectivity index (χ0) is 24.5. The second kappa shape index (κ2) is 9.97. The van der Waals surface area contributed by atoms with Crippen LogP contribution in [0.1, 0.15) is 31.4 Å². The average Bonchev–Trinajstić information content (AvgIpc) is 3.34. The summed E-state index contributed by atoms with van der Waals surface area (Å²) in [4.78, 5) is 31.6. The van der Waals surface area contributed by atoms with E-state index in [0.29, 0.717) is 31.5 Å². The average molecular weight is 520 g/mol. The van der Waals surface area contributed by atoms with Crippen molar-refractivity contribution in [3.8, 4) is 0 Å². The SMILES string of the molecule is CCCN1C(=O)C(=c2sc(=C3C=Cc4ccccc4N3CC)c(=O)n2Cc2ccccc2)SC1=S. The number of thioether (sulfide) groups is 1. The summed E-state index contributed by atoms with van der Waals surface area (Å²) in [5, 5.41) is 0. The van der Waals surface area contributed by atoms with Crippen LogP contribution >= 0.6 is 35.3 Å². The van der Waals surface area contributed by atoms with E-state index in [4.69, 9.17) is 12.2 Å². The van der Waals surface area contributed by atoms with Gasteiger partial charge in [0.15, 0.2) is 0 Å². The third-order valence-electron chi connectivity index (χ3n) is 6.05. The number of carbonyl (C=O) groups excluding carboxylic acids is 1. The Kier molecular flexibility index (Phi) is 6.77. The van der Waals surface area contributed by atoms with Crippen molar-refractivity contribution in [1.82, 2.24) is 9.47 Å². The third-order valence-corrected chi connectivity index (χ3v) is 8.82. The van der Waals surface area contributed by atoms with Crippen molar-refractivity contribution in [3.63, 3.8) is 0 Å². The molecular weight excluding hydrogens is 495 g/mol. The first-order chi connectivity index (χ1) is 17.0. The van der Waals surface area contributed by atoms with Crippen LogP contribution in [0.15, 0.2) is 65.5 Å². The van der Waals surface area contributed by atoms with E-state index in [-0.39, 0.29) is 11.5 Å². The number of rotatable bonds is 5. The molecule has 8 heteroatoms. The summed E-state index contributed by atoms with van der Waals surface area (Å²) in [5.74, 6) is -0.113. The molecule has 2 aliphatic rings. The molecule has 3 heterocycles. The quantitative estimate of drug-likeness (QED) is 0.477. The van der Waals surface area contributed by atoms with Gasteiger partial charge in [-0.05, 0) is 36.6 Å². The van der Waals surface area contributed by atoms with Crippen LogP contribution in [0.25, 0.3) is 16.7 Å². The fourth-order valence-corrected chi connectivity index (χ4v) is 7.03. The molecular formula is C27H25N3O2S3. The normalized spacial score (nSPS) is 18.5. The summed E-state index contributed by atoms with van der Waals surface area (Å²) in [6.07, 6.45) is 4.88. The van der Waals surface area contributed by atoms with Crippen LogP contribution in [-0.4, -0.2) is 32.8 Å². The third kappa shape index (κ3) is 4.30. The highest BCUT2D eigenvalue weighted by Crippen LogP contribution is 2.32. The highest BCUT2D eigenvalue weighted by atomic mass is 32.2. The molecule has 5 rings (SSSR count). The predicted octanol–water partition coefficient (Wildman–Crippen LogP) is 4.00. The molecule has 0 saturated carbocycles. The lowest BCUT2D eigenvalue weighted by Gasteiger charge is -2.28. The summed E-state index contributed by atoms with van der Waals surface area (Å²) >= 11 is 8.20. The summed E-state index contributed by atoms with van der Waals surface area (Å²) < 4.78 is 3.59. The number of carbonyl (C=O) groups is 1. The Morgan fingerprint density at radius 3 is 2.40 bits per heavy atom. The molecule has 0 spiro atoms. The molecule has 2 aromatic carbocycles. The number of amides is 1. The molecule has 0 N–H and O–H groups in total. The van der Waals surface area contributed by atoms with Gasteiger partial charge in [-0.2, -0.15) is 0 Å². The van der Waals surface area contributed by atoms with E-state index in [1.165, 1.54) is 23.1 Å². The van der Waals surface area contributed by atoms with E-state index in [1.54, 1.807) is 9.47 Å². The van der Waals surface area contributed by atoms with Crippen molar-refractivity contribution in [3.05, 3.63) is 91.3 Å².